The number of para-hydroxylation sites is 2. The molecular formula is C35H38F6N4O4. The van der Waals surface area contributed by atoms with E-state index in [1.54, 1.807) is 0 Å². The van der Waals surface area contributed by atoms with Crippen molar-refractivity contribution in [2.45, 2.75) is 70.4 Å². The second-order valence-electron chi connectivity index (χ2n) is 12.2. The van der Waals surface area contributed by atoms with Crippen molar-refractivity contribution in [2.75, 3.05) is 23.7 Å². The van der Waals surface area contributed by atoms with E-state index in [-0.39, 0.29) is 0 Å². The topological polar surface area (TPSA) is 112 Å². The van der Waals surface area contributed by atoms with Crippen LogP contribution in [0.25, 0.3) is 21.8 Å². The van der Waals surface area contributed by atoms with Crippen LogP contribution in [0.4, 0.5) is 37.7 Å². The number of hydrogen-bond donors (Lipinski definition) is 2. The molecule has 0 saturated heterocycles. The minimum absolute atomic E-state index is 0.767. The second kappa shape index (κ2) is 16.7. The van der Waals surface area contributed by atoms with Gasteiger partial charge in [0.15, 0.2) is 12.4 Å². The third kappa shape index (κ3) is 10.7. The molecule has 8 rings (SSSR count). The molecule has 2 N–H and O–H groups in total. The van der Waals surface area contributed by atoms with E-state index < -0.39 is 24.3 Å². The number of fused-ring (bicyclic) bond motifs is 3. The van der Waals surface area contributed by atoms with Crippen molar-refractivity contribution in [1.29, 1.82) is 0 Å². The van der Waals surface area contributed by atoms with Gasteiger partial charge in [0.2, 0.25) is 11.0 Å². The Morgan fingerprint density at radius 2 is 0.939 bits per heavy atom. The van der Waals surface area contributed by atoms with Gasteiger partial charge in [-0.15, -0.1) is 0 Å². The maximum Gasteiger partial charge on any atom is 0.430 e. The average Bonchev–Trinajstić information content (AvgIpc) is 3.07. The molecule has 49 heavy (non-hydrogen) atoms. The maximum atomic E-state index is 10.5. The number of pyridine rings is 2. The monoisotopic (exact) mass is 692 g/mol. The number of anilines is 2. The lowest BCUT2D eigenvalue weighted by Crippen LogP contribution is -2.37. The Labute approximate surface area is 279 Å². The summed E-state index contributed by atoms with van der Waals surface area (Å²) in [4.78, 5) is 17.6. The van der Waals surface area contributed by atoms with Gasteiger partial charge in [-0.2, -0.15) is 35.5 Å². The Bertz CT molecular complexity index is 1600. The highest BCUT2D eigenvalue weighted by Gasteiger charge is 2.29. The van der Waals surface area contributed by atoms with Crippen LogP contribution in [0, 0.1) is 11.8 Å². The summed E-state index contributed by atoms with van der Waals surface area (Å²) >= 11 is 0. The normalized spacial score (nSPS) is 18.6. The van der Waals surface area contributed by atoms with Gasteiger partial charge in [0.05, 0.1) is 22.1 Å². The number of nitrogens with zero attached hydrogens (tertiary/aromatic N) is 2. The van der Waals surface area contributed by atoms with Crippen molar-refractivity contribution >= 4 is 45.1 Å². The molecule has 0 spiro atoms. The number of alkyl halides is 6. The predicted molar refractivity (Wildman–Crippen MR) is 167 cm³/mol. The molecule has 14 heteroatoms. The predicted octanol–water partition coefficient (Wildman–Crippen LogP) is 4.68. The third-order valence-electron chi connectivity index (χ3n) is 8.74. The molecule has 4 aromatic rings. The number of aliphatic carboxylic acids is 2. The van der Waals surface area contributed by atoms with Gasteiger partial charge in [0.25, 0.3) is 0 Å². The highest BCUT2D eigenvalue weighted by molar-refractivity contribution is 5.89. The van der Waals surface area contributed by atoms with Gasteiger partial charge in [0.1, 0.15) is 25.0 Å². The number of halogens is 6. The quantitative estimate of drug-likeness (QED) is 0.205. The molecule has 4 aliphatic rings. The number of carbonyl (C=O) groups excluding carboxylic acids is 2. The largest absolute Gasteiger partial charge is 0.542 e. The van der Waals surface area contributed by atoms with E-state index in [2.05, 4.69) is 92.8 Å². The van der Waals surface area contributed by atoms with E-state index in [9.17, 15) is 26.3 Å². The number of carbonyl (C=O) groups is 2. The second-order valence-corrected chi connectivity index (χ2v) is 12.2. The van der Waals surface area contributed by atoms with E-state index in [0.29, 0.717) is 0 Å². The molecule has 0 unspecified atom stereocenters. The summed E-state index contributed by atoms with van der Waals surface area (Å²) in [6.07, 6.45) is 3.09. The van der Waals surface area contributed by atoms with E-state index in [1.807, 2.05) is 0 Å². The van der Waals surface area contributed by atoms with E-state index in [4.69, 9.17) is 19.8 Å². The average molecular weight is 693 g/mol. The number of aromatic nitrogens is 2. The minimum Gasteiger partial charge on any atom is -0.542 e. The summed E-state index contributed by atoms with van der Waals surface area (Å²) in [6, 6.07) is 22.4. The number of aryl methyl sites for hydroxylation is 2. The first kappa shape index (κ1) is 37.2. The first-order valence-corrected chi connectivity index (χ1v) is 16.1. The fourth-order valence-corrected chi connectivity index (χ4v) is 6.16. The highest BCUT2D eigenvalue weighted by Crippen LogP contribution is 2.31. The van der Waals surface area contributed by atoms with Crippen LogP contribution in [0.5, 0.6) is 0 Å². The Hall–Kier alpha value is -4.62. The van der Waals surface area contributed by atoms with Crippen LogP contribution in [-0.4, -0.2) is 37.4 Å². The van der Waals surface area contributed by atoms with E-state index in [1.165, 1.54) is 78.1 Å². The summed E-state index contributed by atoms with van der Waals surface area (Å²) in [7, 11) is 0. The van der Waals surface area contributed by atoms with Gasteiger partial charge < -0.3 is 30.4 Å². The lowest BCUT2D eigenvalue weighted by atomic mass is 9.82. The zero-order valence-electron chi connectivity index (χ0n) is 26.7. The van der Waals surface area contributed by atoms with Crippen molar-refractivity contribution in [3.63, 3.8) is 0 Å². The summed E-state index contributed by atoms with van der Waals surface area (Å²) in [5, 5.41) is 27.9. The molecular weight excluding hydrogens is 654 g/mol. The third-order valence-corrected chi connectivity index (χ3v) is 8.74. The van der Waals surface area contributed by atoms with Gasteiger partial charge in [-0.3, -0.25) is 0 Å². The Balaban J connectivity index is 0.000000327. The lowest BCUT2D eigenvalue weighted by Gasteiger charge is -2.29. The van der Waals surface area contributed by atoms with E-state index in [0.717, 1.165) is 38.0 Å². The van der Waals surface area contributed by atoms with Crippen LogP contribution in [0.2, 0.25) is 0 Å². The Morgan fingerprint density at radius 3 is 1.29 bits per heavy atom. The van der Waals surface area contributed by atoms with Gasteiger partial charge in [-0.1, -0.05) is 24.3 Å². The molecule has 1 saturated carbocycles. The maximum absolute atomic E-state index is 10.5. The van der Waals surface area contributed by atoms with Crippen LogP contribution in [0.1, 0.15) is 44.9 Å². The molecule has 0 atom stereocenters. The number of rotatable bonds is 0. The molecule has 1 fully saturated rings. The van der Waals surface area contributed by atoms with Crippen molar-refractivity contribution in [2.24, 2.45) is 11.8 Å². The fraction of sp³-hybridized carbons (Fsp3) is 0.429. The Kier molecular flexibility index (Phi) is 12.7. The summed E-state index contributed by atoms with van der Waals surface area (Å²) in [5.74, 6) is -4.48. The molecule has 2 aromatic carbocycles. The fourth-order valence-electron chi connectivity index (χ4n) is 6.16. The summed E-state index contributed by atoms with van der Waals surface area (Å²) in [6.45, 7) is 4.30. The molecule has 5 heterocycles. The first-order valence-electron chi connectivity index (χ1n) is 16.1. The molecule has 1 aliphatic carbocycles. The van der Waals surface area contributed by atoms with Crippen molar-refractivity contribution in [3.05, 3.63) is 73.1 Å². The summed E-state index contributed by atoms with van der Waals surface area (Å²) in [5.41, 5.74) is 5.26. The smallest absolute Gasteiger partial charge is 0.430 e. The molecule has 8 nitrogen and oxygen atoms in total. The number of carboxylic acid groups (broad SMARTS) is 2. The van der Waals surface area contributed by atoms with Crippen LogP contribution in [-0.2, 0) is 22.7 Å². The Morgan fingerprint density at radius 1 is 0.592 bits per heavy atom. The lowest BCUT2D eigenvalue weighted by molar-refractivity contribution is -0.675. The molecule has 2 aromatic heterocycles. The summed E-state index contributed by atoms with van der Waals surface area (Å²) < 4.78 is 68.0. The van der Waals surface area contributed by atoms with Crippen molar-refractivity contribution in [1.82, 2.24) is 0 Å². The van der Waals surface area contributed by atoms with Gasteiger partial charge in [-0.05, 0) is 56.1 Å². The van der Waals surface area contributed by atoms with Crippen molar-refractivity contribution < 1.29 is 55.3 Å². The molecule has 6 bridgehead atoms. The molecule has 264 valence electrons. The molecule has 0 amide bonds. The zero-order chi connectivity index (χ0) is 35.6. The standard InChI is InChI=1S/C31H36N4.2C2HF3O2/c1-6-18-34-20-16-28(26-8-2-4-10-30(26)34)32-22-24-12-14-25(15-13-24)23-33-29-17-21-35(19-7-1)31-11-5-3-9-27(29)31;2*3-2(4,5)1(6)7/h2-5,8-11,16-17,20-21,24-25H,1,6-7,12-15,18-19,22-23H2;2*(H,6,7). The highest BCUT2D eigenvalue weighted by atomic mass is 19.4. The van der Waals surface area contributed by atoms with Gasteiger partial charge in [-0.25, -0.2) is 0 Å². The molecule has 0 radical (unpaired) electrons. The van der Waals surface area contributed by atoms with Crippen LogP contribution < -0.4 is 30.0 Å². The van der Waals surface area contributed by atoms with Crippen LogP contribution in [0.15, 0.2) is 73.1 Å². The number of nitrogens with one attached hydrogen (secondary N) is 2. The van der Waals surface area contributed by atoms with Crippen molar-refractivity contribution in [3.8, 4) is 0 Å². The zero-order valence-corrected chi connectivity index (χ0v) is 26.7. The van der Waals surface area contributed by atoms with Crippen LogP contribution >= 0.6 is 0 Å². The van der Waals surface area contributed by atoms with Gasteiger partial charge in [0, 0.05) is 50.2 Å². The minimum atomic E-state index is -5.19. The number of benzene rings is 2. The SMILES string of the molecule is O=C([O-])C(F)(F)F.O=C([O-])C(F)(F)F.c1ccc2c(c1)c1cc[n+]2CCCCC[n+]2ccc(c3ccccc32)NCC2CCC(CC2)CN1. The molecule has 3 aliphatic heterocycles. The number of hydrogen-bond acceptors (Lipinski definition) is 6. The van der Waals surface area contributed by atoms with E-state index >= 15 is 0 Å². The van der Waals surface area contributed by atoms with Crippen LogP contribution in [0.3, 0.4) is 0 Å². The number of carboxylic acids is 2. The first-order chi connectivity index (χ1) is 23.2. The van der Waals surface area contributed by atoms with Gasteiger partial charge >= 0.3 is 12.4 Å².